The summed E-state index contributed by atoms with van der Waals surface area (Å²) >= 11 is 0. The van der Waals surface area contributed by atoms with Gasteiger partial charge in [-0.25, -0.2) is 0 Å². The minimum atomic E-state index is -0.00440. The van der Waals surface area contributed by atoms with Crippen LogP contribution < -0.4 is 0 Å². The van der Waals surface area contributed by atoms with E-state index in [0.717, 1.165) is 5.92 Å². The third-order valence-corrected chi connectivity index (χ3v) is 4.18. The van der Waals surface area contributed by atoms with Gasteiger partial charge in [0.25, 0.3) is 0 Å². The maximum atomic E-state index is 10.2. The maximum absolute atomic E-state index is 10.2. The molecule has 13 heavy (non-hydrogen) atoms. The summed E-state index contributed by atoms with van der Waals surface area (Å²) in [6.45, 7) is 4.57. The van der Waals surface area contributed by atoms with Crippen molar-refractivity contribution in [2.24, 2.45) is 17.3 Å². The van der Waals surface area contributed by atoms with Gasteiger partial charge in [-0.1, -0.05) is 26.7 Å². The molecule has 1 nitrogen and oxygen atoms in total. The lowest BCUT2D eigenvalue weighted by atomic mass is 9.75. The summed E-state index contributed by atoms with van der Waals surface area (Å²) in [6, 6.07) is 0. The van der Waals surface area contributed by atoms with Gasteiger partial charge in [-0.05, 0) is 42.9 Å². The molecule has 3 atom stereocenters. The summed E-state index contributed by atoms with van der Waals surface area (Å²) in [5.74, 6) is 1.45. The Bertz CT molecular complexity index is 184. The van der Waals surface area contributed by atoms with E-state index < -0.39 is 0 Å². The van der Waals surface area contributed by atoms with E-state index in [-0.39, 0.29) is 6.10 Å². The molecule has 2 saturated carbocycles. The molecule has 1 heteroatoms. The van der Waals surface area contributed by atoms with Crippen LogP contribution in [0.1, 0.15) is 52.4 Å². The smallest absolute Gasteiger partial charge is 0.0622 e. The van der Waals surface area contributed by atoms with Crippen molar-refractivity contribution in [3.63, 3.8) is 0 Å². The van der Waals surface area contributed by atoms with Crippen LogP contribution in [0.4, 0.5) is 0 Å². The van der Waals surface area contributed by atoms with E-state index in [1.54, 1.807) is 0 Å². The molecule has 0 aliphatic heterocycles. The van der Waals surface area contributed by atoms with Crippen molar-refractivity contribution in [3.8, 4) is 0 Å². The van der Waals surface area contributed by atoms with Gasteiger partial charge in [0.2, 0.25) is 0 Å². The van der Waals surface area contributed by atoms with Crippen molar-refractivity contribution >= 4 is 0 Å². The SMILES string of the molecule is CC1CCCC(C(O)C2(C)CC2)C1. The lowest BCUT2D eigenvalue weighted by molar-refractivity contribution is 0.0193. The summed E-state index contributed by atoms with van der Waals surface area (Å²) in [7, 11) is 0. The van der Waals surface area contributed by atoms with Crippen molar-refractivity contribution in [1.82, 2.24) is 0 Å². The standard InChI is InChI=1S/C12H22O/c1-9-4-3-5-10(8-9)11(13)12(2)6-7-12/h9-11,13H,3-8H2,1-2H3. The number of aliphatic hydroxyl groups excluding tert-OH is 1. The normalized spacial score (nSPS) is 39.9. The largest absolute Gasteiger partial charge is 0.392 e. The van der Waals surface area contributed by atoms with E-state index in [1.165, 1.54) is 38.5 Å². The molecule has 0 spiro atoms. The second-order valence-corrected chi connectivity index (χ2v) is 5.63. The van der Waals surface area contributed by atoms with Crippen molar-refractivity contribution in [1.29, 1.82) is 0 Å². The fourth-order valence-corrected chi connectivity index (χ4v) is 2.83. The van der Waals surface area contributed by atoms with Gasteiger partial charge < -0.3 is 5.11 Å². The Kier molecular flexibility index (Phi) is 2.39. The highest BCUT2D eigenvalue weighted by molar-refractivity contribution is 4.98. The molecule has 2 fully saturated rings. The van der Waals surface area contributed by atoms with E-state index in [9.17, 15) is 5.11 Å². The summed E-state index contributed by atoms with van der Waals surface area (Å²) in [4.78, 5) is 0. The Morgan fingerprint density at radius 1 is 1.31 bits per heavy atom. The van der Waals surface area contributed by atoms with Crippen molar-refractivity contribution < 1.29 is 5.11 Å². The van der Waals surface area contributed by atoms with Gasteiger partial charge in [0, 0.05) is 0 Å². The maximum Gasteiger partial charge on any atom is 0.0622 e. The van der Waals surface area contributed by atoms with Crippen LogP contribution >= 0.6 is 0 Å². The number of aliphatic hydroxyl groups is 1. The average Bonchev–Trinajstić information content (AvgIpc) is 2.84. The van der Waals surface area contributed by atoms with Crippen LogP contribution in [0.2, 0.25) is 0 Å². The number of rotatable bonds is 2. The van der Waals surface area contributed by atoms with E-state index in [2.05, 4.69) is 13.8 Å². The fraction of sp³-hybridized carbons (Fsp3) is 1.00. The van der Waals surface area contributed by atoms with Gasteiger partial charge in [0.1, 0.15) is 0 Å². The minimum absolute atomic E-state index is 0.00440. The van der Waals surface area contributed by atoms with Crippen molar-refractivity contribution in [2.45, 2.75) is 58.5 Å². The molecule has 0 aromatic carbocycles. The first-order valence-electron chi connectivity index (χ1n) is 5.80. The highest BCUT2D eigenvalue weighted by atomic mass is 16.3. The summed E-state index contributed by atoms with van der Waals surface area (Å²) in [5.41, 5.74) is 0.307. The first kappa shape index (κ1) is 9.51. The quantitative estimate of drug-likeness (QED) is 0.696. The lowest BCUT2D eigenvalue weighted by Crippen LogP contribution is -2.32. The molecule has 2 rings (SSSR count). The first-order chi connectivity index (χ1) is 6.12. The van der Waals surface area contributed by atoms with E-state index in [1.807, 2.05) is 0 Å². The van der Waals surface area contributed by atoms with Gasteiger partial charge in [-0.3, -0.25) is 0 Å². The molecule has 0 radical (unpaired) electrons. The van der Waals surface area contributed by atoms with Crippen LogP contribution in [0.5, 0.6) is 0 Å². The zero-order chi connectivity index (χ0) is 9.47. The van der Waals surface area contributed by atoms with Gasteiger partial charge >= 0.3 is 0 Å². The molecule has 0 aromatic heterocycles. The molecular weight excluding hydrogens is 160 g/mol. The van der Waals surface area contributed by atoms with Gasteiger partial charge in [-0.15, -0.1) is 0 Å². The molecule has 76 valence electrons. The third-order valence-electron chi connectivity index (χ3n) is 4.18. The topological polar surface area (TPSA) is 20.2 Å². The molecule has 3 unspecified atom stereocenters. The molecule has 0 aromatic rings. The molecule has 2 aliphatic rings. The summed E-state index contributed by atoms with van der Waals surface area (Å²) in [5, 5.41) is 10.2. The van der Waals surface area contributed by atoms with E-state index >= 15 is 0 Å². The van der Waals surface area contributed by atoms with Gasteiger partial charge in [-0.2, -0.15) is 0 Å². The highest BCUT2D eigenvalue weighted by Crippen LogP contribution is 2.52. The molecule has 0 amide bonds. The predicted octanol–water partition coefficient (Wildman–Crippen LogP) is 2.97. The molecule has 0 saturated heterocycles. The number of hydrogen-bond acceptors (Lipinski definition) is 1. The Morgan fingerprint density at radius 2 is 2.00 bits per heavy atom. The monoisotopic (exact) mass is 182 g/mol. The van der Waals surface area contributed by atoms with Crippen LogP contribution in [0.25, 0.3) is 0 Å². The Morgan fingerprint density at radius 3 is 2.54 bits per heavy atom. The van der Waals surface area contributed by atoms with Crippen LogP contribution in [0.15, 0.2) is 0 Å². The second kappa shape index (κ2) is 3.27. The third kappa shape index (κ3) is 1.90. The fourth-order valence-electron chi connectivity index (χ4n) is 2.83. The van der Waals surface area contributed by atoms with Crippen molar-refractivity contribution in [2.75, 3.05) is 0 Å². The molecule has 0 heterocycles. The van der Waals surface area contributed by atoms with Gasteiger partial charge in [0.15, 0.2) is 0 Å². The van der Waals surface area contributed by atoms with Crippen LogP contribution in [-0.2, 0) is 0 Å². The lowest BCUT2D eigenvalue weighted by Gasteiger charge is -2.33. The molecular formula is C12H22O. The van der Waals surface area contributed by atoms with Crippen LogP contribution in [-0.4, -0.2) is 11.2 Å². The summed E-state index contributed by atoms with van der Waals surface area (Å²) in [6.07, 6.45) is 7.73. The van der Waals surface area contributed by atoms with Gasteiger partial charge in [0.05, 0.1) is 6.10 Å². The predicted molar refractivity (Wildman–Crippen MR) is 54.5 cm³/mol. The molecule has 0 bridgehead atoms. The highest BCUT2D eigenvalue weighted by Gasteiger charge is 2.47. The zero-order valence-corrected chi connectivity index (χ0v) is 8.92. The average molecular weight is 182 g/mol. The van der Waals surface area contributed by atoms with Crippen LogP contribution in [0, 0.1) is 17.3 Å². The van der Waals surface area contributed by atoms with E-state index in [0.29, 0.717) is 11.3 Å². The Balaban J connectivity index is 1.91. The first-order valence-corrected chi connectivity index (χ1v) is 5.80. The second-order valence-electron chi connectivity index (χ2n) is 5.63. The Labute approximate surface area is 81.5 Å². The summed E-state index contributed by atoms with van der Waals surface area (Å²) < 4.78 is 0. The zero-order valence-electron chi connectivity index (χ0n) is 8.92. The minimum Gasteiger partial charge on any atom is -0.392 e. The Hall–Kier alpha value is -0.0400. The molecule has 2 aliphatic carbocycles. The van der Waals surface area contributed by atoms with E-state index in [4.69, 9.17) is 0 Å². The van der Waals surface area contributed by atoms with Crippen molar-refractivity contribution in [3.05, 3.63) is 0 Å². The van der Waals surface area contributed by atoms with Crippen LogP contribution in [0.3, 0.4) is 0 Å². The molecule has 1 N–H and O–H groups in total. The number of hydrogen-bond donors (Lipinski definition) is 1.